The fourth-order valence-electron chi connectivity index (χ4n) is 2.53. The highest BCUT2D eigenvalue weighted by Crippen LogP contribution is 2.12. The summed E-state index contributed by atoms with van der Waals surface area (Å²) in [5, 5.41) is 7.87. The lowest BCUT2D eigenvalue weighted by Gasteiger charge is -2.08. The van der Waals surface area contributed by atoms with E-state index in [1.54, 1.807) is 0 Å². The summed E-state index contributed by atoms with van der Waals surface area (Å²) < 4.78 is 1.91. The van der Waals surface area contributed by atoms with Crippen LogP contribution in [0.5, 0.6) is 0 Å². The van der Waals surface area contributed by atoms with Crippen molar-refractivity contribution in [1.82, 2.24) is 14.9 Å². The molecule has 0 aliphatic heterocycles. The van der Waals surface area contributed by atoms with Gasteiger partial charge in [-0.05, 0) is 29.7 Å². The summed E-state index contributed by atoms with van der Waals surface area (Å²) in [6, 6.07) is 14.7. The van der Waals surface area contributed by atoms with Crippen LogP contribution in [0.1, 0.15) is 23.6 Å². The van der Waals surface area contributed by atoms with Crippen LogP contribution >= 0.6 is 0 Å². The van der Waals surface area contributed by atoms with Crippen LogP contribution in [0.4, 0.5) is 0 Å². The molecule has 0 aliphatic rings. The fourth-order valence-corrected chi connectivity index (χ4v) is 2.53. The summed E-state index contributed by atoms with van der Waals surface area (Å²) in [5.41, 5.74) is 5.20. The Morgan fingerprint density at radius 1 is 0.950 bits per heavy atom. The summed E-state index contributed by atoms with van der Waals surface area (Å²) in [6.07, 6.45) is 4.99. The molecule has 20 heavy (non-hydrogen) atoms. The topological polar surface area (TPSA) is 29.3 Å². The zero-order valence-electron chi connectivity index (χ0n) is 11.7. The lowest BCUT2D eigenvalue weighted by Crippen LogP contribution is -2.13. The average Bonchev–Trinajstić information content (AvgIpc) is 2.91. The fraction of sp³-hybridized carbons (Fsp3) is 0.235. The van der Waals surface area contributed by atoms with Gasteiger partial charge in [0, 0.05) is 24.8 Å². The summed E-state index contributed by atoms with van der Waals surface area (Å²) in [7, 11) is 0. The second kappa shape index (κ2) is 5.88. The molecular formula is C17H19N3. The van der Waals surface area contributed by atoms with Crippen LogP contribution in [-0.4, -0.2) is 9.61 Å². The third kappa shape index (κ3) is 2.58. The maximum atomic E-state index is 4.35. The number of hydrogen-bond acceptors (Lipinski definition) is 2. The molecule has 0 amide bonds. The van der Waals surface area contributed by atoms with Gasteiger partial charge in [-0.2, -0.15) is 5.10 Å². The molecule has 0 bridgehead atoms. The van der Waals surface area contributed by atoms with E-state index in [0.29, 0.717) is 0 Å². The number of fused-ring (bicyclic) bond motifs is 1. The first-order chi connectivity index (χ1) is 9.88. The van der Waals surface area contributed by atoms with Gasteiger partial charge >= 0.3 is 0 Å². The second-order valence-corrected chi connectivity index (χ2v) is 4.93. The Hall–Kier alpha value is -2.13. The maximum absolute atomic E-state index is 4.35. The Kier molecular flexibility index (Phi) is 3.79. The van der Waals surface area contributed by atoms with E-state index in [-0.39, 0.29) is 0 Å². The van der Waals surface area contributed by atoms with E-state index in [2.05, 4.69) is 47.7 Å². The molecule has 0 saturated carbocycles. The average molecular weight is 265 g/mol. The third-order valence-corrected chi connectivity index (χ3v) is 3.64. The molecule has 2 aromatic heterocycles. The van der Waals surface area contributed by atoms with Gasteiger partial charge in [0.2, 0.25) is 0 Å². The van der Waals surface area contributed by atoms with E-state index < -0.39 is 0 Å². The molecule has 102 valence electrons. The van der Waals surface area contributed by atoms with E-state index in [1.165, 1.54) is 22.2 Å². The van der Waals surface area contributed by atoms with Crippen molar-refractivity contribution in [3.8, 4) is 0 Å². The van der Waals surface area contributed by atoms with E-state index >= 15 is 0 Å². The number of benzene rings is 1. The maximum Gasteiger partial charge on any atom is 0.0706 e. The van der Waals surface area contributed by atoms with Crippen LogP contribution in [0.2, 0.25) is 0 Å². The minimum atomic E-state index is 0.839. The van der Waals surface area contributed by atoms with Crippen molar-refractivity contribution in [1.29, 1.82) is 0 Å². The molecule has 2 heterocycles. The largest absolute Gasteiger partial charge is 0.308 e. The van der Waals surface area contributed by atoms with Crippen molar-refractivity contribution in [2.24, 2.45) is 0 Å². The van der Waals surface area contributed by atoms with Crippen LogP contribution in [0.15, 0.2) is 54.9 Å². The van der Waals surface area contributed by atoms with Crippen molar-refractivity contribution in [2.75, 3.05) is 0 Å². The van der Waals surface area contributed by atoms with Crippen LogP contribution in [-0.2, 0) is 19.5 Å². The minimum absolute atomic E-state index is 0.839. The molecule has 3 heteroatoms. The zero-order valence-corrected chi connectivity index (χ0v) is 11.7. The van der Waals surface area contributed by atoms with E-state index in [4.69, 9.17) is 0 Å². The van der Waals surface area contributed by atoms with E-state index in [9.17, 15) is 0 Å². The lowest BCUT2D eigenvalue weighted by molar-refractivity contribution is 0.691. The number of aromatic nitrogens is 2. The molecule has 3 aromatic rings. The molecule has 1 aromatic carbocycles. The van der Waals surface area contributed by atoms with Gasteiger partial charge in [0.05, 0.1) is 11.7 Å². The van der Waals surface area contributed by atoms with Gasteiger partial charge in [0.25, 0.3) is 0 Å². The van der Waals surface area contributed by atoms with Crippen LogP contribution < -0.4 is 5.32 Å². The first-order valence-corrected chi connectivity index (χ1v) is 7.07. The predicted molar refractivity (Wildman–Crippen MR) is 81.6 cm³/mol. The smallest absolute Gasteiger partial charge is 0.0706 e. The highest BCUT2D eigenvalue weighted by Gasteiger charge is 2.03. The highest BCUT2D eigenvalue weighted by atomic mass is 15.2. The molecule has 0 atom stereocenters. The Balaban J connectivity index is 1.68. The minimum Gasteiger partial charge on any atom is -0.308 e. The number of nitrogens with zero attached hydrogens (tertiary/aromatic N) is 2. The van der Waals surface area contributed by atoms with Crippen LogP contribution in [0, 0.1) is 0 Å². The number of pyridine rings is 1. The standard InChI is InChI=1S/C17H19N3/c1-2-14-7-3-4-8-15(14)11-18-12-16-13-19-20-10-6-5-9-17(16)20/h3-10,13,18H,2,11-12H2,1H3. The van der Waals surface area contributed by atoms with Crippen molar-refractivity contribution in [3.63, 3.8) is 0 Å². The summed E-state index contributed by atoms with van der Waals surface area (Å²) in [5.74, 6) is 0. The normalized spacial score (nSPS) is 11.1. The molecule has 0 fully saturated rings. The summed E-state index contributed by atoms with van der Waals surface area (Å²) in [6.45, 7) is 3.93. The van der Waals surface area contributed by atoms with E-state index in [0.717, 1.165) is 19.5 Å². The van der Waals surface area contributed by atoms with Gasteiger partial charge in [-0.25, -0.2) is 4.52 Å². The Labute approximate surface area is 119 Å². The van der Waals surface area contributed by atoms with Crippen molar-refractivity contribution in [3.05, 3.63) is 71.5 Å². The number of aryl methyl sites for hydroxylation is 1. The Morgan fingerprint density at radius 3 is 2.55 bits per heavy atom. The predicted octanol–water partition coefficient (Wildman–Crippen LogP) is 3.19. The molecule has 3 nitrogen and oxygen atoms in total. The van der Waals surface area contributed by atoms with Crippen molar-refractivity contribution >= 4 is 5.52 Å². The molecule has 1 N–H and O–H groups in total. The number of rotatable bonds is 5. The third-order valence-electron chi connectivity index (χ3n) is 3.64. The lowest BCUT2D eigenvalue weighted by atomic mass is 10.1. The Morgan fingerprint density at radius 2 is 1.70 bits per heavy atom. The van der Waals surface area contributed by atoms with Gasteiger partial charge < -0.3 is 5.32 Å². The molecule has 0 spiro atoms. The van der Waals surface area contributed by atoms with Gasteiger partial charge in [0.15, 0.2) is 0 Å². The van der Waals surface area contributed by atoms with Crippen LogP contribution in [0.25, 0.3) is 5.52 Å². The quantitative estimate of drug-likeness (QED) is 0.767. The molecule has 0 aliphatic carbocycles. The first-order valence-electron chi connectivity index (χ1n) is 7.07. The number of hydrogen-bond donors (Lipinski definition) is 1. The summed E-state index contributed by atoms with van der Waals surface area (Å²) in [4.78, 5) is 0. The highest BCUT2D eigenvalue weighted by molar-refractivity contribution is 5.53. The van der Waals surface area contributed by atoms with Crippen molar-refractivity contribution < 1.29 is 0 Å². The first kappa shape index (κ1) is 12.9. The number of nitrogens with one attached hydrogen (secondary N) is 1. The molecular weight excluding hydrogens is 246 g/mol. The molecule has 0 saturated heterocycles. The zero-order chi connectivity index (χ0) is 13.8. The monoisotopic (exact) mass is 265 g/mol. The molecule has 0 radical (unpaired) electrons. The second-order valence-electron chi connectivity index (χ2n) is 4.93. The van der Waals surface area contributed by atoms with Crippen LogP contribution in [0.3, 0.4) is 0 Å². The SMILES string of the molecule is CCc1ccccc1CNCc1cnn2ccccc12. The van der Waals surface area contributed by atoms with Crippen molar-refractivity contribution in [2.45, 2.75) is 26.4 Å². The molecule has 3 rings (SSSR count). The summed E-state index contributed by atoms with van der Waals surface area (Å²) >= 11 is 0. The van der Waals surface area contributed by atoms with Gasteiger partial charge in [-0.1, -0.05) is 37.3 Å². The molecule has 0 unspecified atom stereocenters. The van der Waals surface area contributed by atoms with Gasteiger partial charge in [-0.15, -0.1) is 0 Å². The van der Waals surface area contributed by atoms with Gasteiger partial charge in [0.1, 0.15) is 0 Å². The van der Waals surface area contributed by atoms with Gasteiger partial charge in [-0.3, -0.25) is 0 Å². The van der Waals surface area contributed by atoms with E-state index in [1.807, 2.05) is 29.0 Å². The Bertz CT molecular complexity index is 700.